The molecule has 154 valence electrons. The minimum atomic E-state index is 0.551. The van der Waals surface area contributed by atoms with Crippen LogP contribution in [0.15, 0.2) is 54.9 Å². The van der Waals surface area contributed by atoms with E-state index in [9.17, 15) is 0 Å². The van der Waals surface area contributed by atoms with Crippen LogP contribution in [0.5, 0.6) is 17.2 Å². The van der Waals surface area contributed by atoms with Crippen molar-refractivity contribution < 1.29 is 14.2 Å². The highest BCUT2D eigenvalue weighted by Gasteiger charge is 2.14. The molecule has 0 saturated heterocycles. The van der Waals surface area contributed by atoms with Gasteiger partial charge in [0.1, 0.15) is 5.82 Å². The summed E-state index contributed by atoms with van der Waals surface area (Å²) in [5.74, 6) is 2.65. The largest absolute Gasteiger partial charge is 0.493 e. The lowest BCUT2D eigenvalue weighted by Gasteiger charge is -2.15. The number of aryl methyl sites for hydroxylation is 1. The molecule has 2 aromatic heterocycles. The molecule has 0 bridgehead atoms. The van der Waals surface area contributed by atoms with E-state index in [-0.39, 0.29) is 0 Å². The fraction of sp³-hybridized carbons (Fsp3) is 0.217. The molecule has 0 atom stereocenters. The van der Waals surface area contributed by atoms with E-state index in [1.165, 1.54) is 5.56 Å². The predicted octanol–water partition coefficient (Wildman–Crippen LogP) is 4.34. The van der Waals surface area contributed by atoms with Crippen molar-refractivity contribution in [3.63, 3.8) is 0 Å². The van der Waals surface area contributed by atoms with Crippen molar-refractivity contribution in [1.82, 2.24) is 14.6 Å². The van der Waals surface area contributed by atoms with Crippen LogP contribution in [0, 0.1) is 6.92 Å². The Bertz CT molecular complexity index is 1140. The average Bonchev–Trinajstić information content (AvgIpc) is 3.22. The number of aromatic nitrogens is 3. The van der Waals surface area contributed by atoms with Gasteiger partial charge >= 0.3 is 0 Å². The maximum absolute atomic E-state index is 5.44. The molecular formula is C23H24N4O3. The minimum Gasteiger partial charge on any atom is -0.493 e. The molecule has 0 radical (unpaired) electrons. The fourth-order valence-electron chi connectivity index (χ4n) is 3.39. The zero-order chi connectivity index (χ0) is 21.1. The summed E-state index contributed by atoms with van der Waals surface area (Å²) in [6.07, 6.45) is 3.63. The van der Waals surface area contributed by atoms with Crippen molar-refractivity contribution >= 4 is 11.5 Å². The van der Waals surface area contributed by atoms with Gasteiger partial charge in [-0.15, -0.1) is 0 Å². The summed E-state index contributed by atoms with van der Waals surface area (Å²) in [7, 11) is 4.81. The van der Waals surface area contributed by atoms with Crippen LogP contribution in [-0.2, 0) is 6.54 Å². The van der Waals surface area contributed by atoms with Crippen molar-refractivity contribution in [1.29, 1.82) is 0 Å². The number of ether oxygens (including phenoxy) is 3. The molecule has 1 N–H and O–H groups in total. The number of benzene rings is 2. The summed E-state index contributed by atoms with van der Waals surface area (Å²) < 4.78 is 18.1. The lowest BCUT2D eigenvalue weighted by molar-refractivity contribution is 0.324. The first-order valence-electron chi connectivity index (χ1n) is 9.57. The van der Waals surface area contributed by atoms with E-state index < -0.39 is 0 Å². The number of methoxy groups -OCH3 is 3. The number of nitrogens with one attached hydrogen (secondary N) is 1. The number of fused-ring (bicyclic) bond motifs is 1. The SMILES string of the molecule is COc1cc(CNc2ccnc3c(-c4ccc(C)cc4)cnn23)cc(OC)c1OC. The standard InChI is InChI=1S/C23H24N4O3/c1-15-5-7-17(8-6-15)18-14-26-27-21(9-10-24-23(18)27)25-13-16-11-19(28-2)22(30-4)20(12-16)29-3/h5-12,14,25H,13H2,1-4H3. The fourth-order valence-corrected chi connectivity index (χ4v) is 3.39. The first kappa shape index (κ1) is 19.6. The van der Waals surface area contributed by atoms with Crippen LogP contribution in [0.4, 0.5) is 5.82 Å². The van der Waals surface area contributed by atoms with Gasteiger partial charge in [-0.3, -0.25) is 0 Å². The molecule has 4 aromatic rings. The third-order valence-corrected chi connectivity index (χ3v) is 4.96. The molecule has 0 aliphatic carbocycles. The summed E-state index contributed by atoms with van der Waals surface area (Å²) in [4.78, 5) is 4.54. The second-order valence-electron chi connectivity index (χ2n) is 6.88. The molecule has 0 saturated carbocycles. The Labute approximate surface area is 175 Å². The van der Waals surface area contributed by atoms with Gasteiger partial charge in [-0.1, -0.05) is 29.8 Å². The Morgan fingerprint density at radius 2 is 1.63 bits per heavy atom. The van der Waals surface area contributed by atoms with Gasteiger partial charge in [-0.2, -0.15) is 9.61 Å². The highest BCUT2D eigenvalue weighted by atomic mass is 16.5. The van der Waals surface area contributed by atoms with E-state index in [1.807, 2.05) is 28.9 Å². The lowest BCUT2D eigenvalue weighted by Crippen LogP contribution is -2.06. The Morgan fingerprint density at radius 1 is 0.933 bits per heavy atom. The van der Waals surface area contributed by atoms with Crippen LogP contribution in [0.1, 0.15) is 11.1 Å². The highest BCUT2D eigenvalue weighted by Crippen LogP contribution is 2.38. The average molecular weight is 404 g/mol. The Balaban J connectivity index is 1.63. The molecule has 4 rings (SSSR count). The first-order chi connectivity index (χ1) is 14.6. The van der Waals surface area contributed by atoms with Gasteiger partial charge in [0.15, 0.2) is 17.1 Å². The first-order valence-corrected chi connectivity index (χ1v) is 9.57. The molecule has 2 heterocycles. The smallest absolute Gasteiger partial charge is 0.203 e. The van der Waals surface area contributed by atoms with Crippen molar-refractivity contribution in [3.8, 4) is 28.4 Å². The van der Waals surface area contributed by atoms with E-state index in [1.54, 1.807) is 27.5 Å². The predicted molar refractivity (Wildman–Crippen MR) is 117 cm³/mol. The maximum atomic E-state index is 5.44. The third kappa shape index (κ3) is 3.61. The van der Waals surface area contributed by atoms with E-state index in [0.29, 0.717) is 23.8 Å². The van der Waals surface area contributed by atoms with E-state index in [2.05, 4.69) is 46.6 Å². The van der Waals surface area contributed by atoms with Gasteiger partial charge in [-0.05, 0) is 36.2 Å². The van der Waals surface area contributed by atoms with E-state index >= 15 is 0 Å². The number of hydrogen-bond acceptors (Lipinski definition) is 6. The molecule has 0 fully saturated rings. The second-order valence-corrected chi connectivity index (χ2v) is 6.88. The van der Waals surface area contributed by atoms with E-state index in [0.717, 1.165) is 28.2 Å². The molecule has 7 nitrogen and oxygen atoms in total. The van der Waals surface area contributed by atoms with Gasteiger partial charge < -0.3 is 19.5 Å². The normalized spacial score (nSPS) is 10.8. The quantitative estimate of drug-likeness (QED) is 0.494. The molecule has 0 aliphatic heterocycles. The molecule has 0 spiro atoms. The molecular weight excluding hydrogens is 380 g/mol. The summed E-state index contributed by atoms with van der Waals surface area (Å²) in [5.41, 5.74) is 5.08. The van der Waals surface area contributed by atoms with Crippen LogP contribution in [0.25, 0.3) is 16.8 Å². The molecule has 2 aromatic carbocycles. The second kappa shape index (κ2) is 8.32. The zero-order valence-corrected chi connectivity index (χ0v) is 17.5. The van der Waals surface area contributed by atoms with Crippen molar-refractivity contribution in [2.75, 3.05) is 26.6 Å². The van der Waals surface area contributed by atoms with Crippen LogP contribution >= 0.6 is 0 Å². The Hall–Kier alpha value is -3.74. The number of nitrogens with zero attached hydrogens (tertiary/aromatic N) is 3. The minimum absolute atomic E-state index is 0.551. The summed E-state index contributed by atoms with van der Waals surface area (Å²) in [6, 6.07) is 14.1. The van der Waals surface area contributed by atoms with Crippen molar-refractivity contribution in [2.24, 2.45) is 0 Å². The molecule has 30 heavy (non-hydrogen) atoms. The van der Waals surface area contributed by atoms with Gasteiger partial charge in [-0.25, -0.2) is 4.98 Å². The van der Waals surface area contributed by atoms with Gasteiger partial charge in [0, 0.05) is 18.3 Å². The van der Waals surface area contributed by atoms with Crippen LogP contribution in [-0.4, -0.2) is 35.9 Å². The van der Waals surface area contributed by atoms with E-state index in [4.69, 9.17) is 14.2 Å². The molecule has 0 aliphatic rings. The third-order valence-electron chi connectivity index (χ3n) is 4.96. The zero-order valence-electron chi connectivity index (χ0n) is 17.5. The highest BCUT2D eigenvalue weighted by molar-refractivity contribution is 5.78. The van der Waals surface area contributed by atoms with Gasteiger partial charge in [0.05, 0.1) is 27.5 Å². The van der Waals surface area contributed by atoms with Crippen LogP contribution in [0.3, 0.4) is 0 Å². The van der Waals surface area contributed by atoms with Crippen molar-refractivity contribution in [2.45, 2.75) is 13.5 Å². The lowest BCUT2D eigenvalue weighted by atomic mass is 10.1. The monoisotopic (exact) mass is 404 g/mol. The molecule has 0 amide bonds. The summed E-state index contributed by atoms with van der Waals surface area (Å²) in [5, 5.41) is 7.97. The van der Waals surface area contributed by atoms with Crippen LogP contribution in [0.2, 0.25) is 0 Å². The maximum Gasteiger partial charge on any atom is 0.203 e. The molecule has 0 unspecified atom stereocenters. The van der Waals surface area contributed by atoms with Gasteiger partial charge in [0.25, 0.3) is 0 Å². The van der Waals surface area contributed by atoms with Gasteiger partial charge in [0.2, 0.25) is 5.75 Å². The number of rotatable bonds is 7. The Kier molecular flexibility index (Phi) is 5.43. The van der Waals surface area contributed by atoms with Crippen LogP contribution < -0.4 is 19.5 Å². The topological polar surface area (TPSA) is 69.9 Å². The number of anilines is 1. The van der Waals surface area contributed by atoms with Crippen molar-refractivity contribution in [3.05, 3.63) is 66.0 Å². The molecule has 7 heteroatoms. The number of hydrogen-bond donors (Lipinski definition) is 1. The summed E-state index contributed by atoms with van der Waals surface area (Å²) in [6.45, 7) is 2.62. The Morgan fingerprint density at radius 3 is 2.27 bits per heavy atom. The summed E-state index contributed by atoms with van der Waals surface area (Å²) >= 11 is 0.